The number of hydrogen-bond donors (Lipinski definition) is 1. The molecule has 30 heavy (non-hydrogen) atoms. The summed E-state index contributed by atoms with van der Waals surface area (Å²) in [5.74, 6) is 0.233. The topological polar surface area (TPSA) is 84.3 Å². The summed E-state index contributed by atoms with van der Waals surface area (Å²) in [5.41, 5.74) is 1.60. The summed E-state index contributed by atoms with van der Waals surface area (Å²) in [6.45, 7) is 0.745. The van der Waals surface area contributed by atoms with Crippen molar-refractivity contribution in [2.24, 2.45) is 0 Å². The Hall–Kier alpha value is -2.55. The van der Waals surface area contributed by atoms with Gasteiger partial charge in [0, 0.05) is 18.2 Å². The largest absolute Gasteiger partial charge is 0.307 e. The molecule has 1 N–H and O–H groups in total. The molecule has 1 fully saturated rings. The predicted octanol–water partition coefficient (Wildman–Crippen LogP) is 4.03. The molecule has 156 valence electrons. The first kappa shape index (κ1) is 20.7. The minimum Gasteiger partial charge on any atom is -0.307 e. The third-order valence-corrected chi connectivity index (χ3v) is 7.53. The first-order chi connectivity index (χ1) is 14.3. The standard InChI is InChI=1S/C20H18Cl2N4O3S/c21-17-7-2-5-15(19(17)22)13-25-18(8-9-23-25)24-20(27)14-4-1-6-16(12-14)26-10-3-11-30(26,28)29/h1-2,4-9,12H,3,10-11,13H2,(H,24,27). The molecule has 10 heteroatoms. The minimum atomic E-state index is -3.32. The second-order valence-corrected chi connectivity index (χ2v) is 9.63. The summed E-state index contributed by atoms with van der Waals surface area (Å²) in [6, 6.07) is 13.6. The summed E-state index contributed by atoms with van der Waals surface area (Å²) in [7, 11) is -3.32. The van der Waals surface area contributed by atoms with Crippen molar-refractivity contribution < 1.29 is 13.2 Å². The van der Waals surface area contributed by atoms with Crippen molar-refractivity contribution in [1.29, 1.82) is 0 Å². The van der Waals surface area contributed by atoms with E-state index in [4.69, 9.17) is 23.2 Å². The number of anilines is 2. The Morgan fingerprint density at radius 1 is 1.13 bits per heavy atom. The first-order valence-electron chi connectivity index (χ1n) is 9.22. The predicted molar refractivity (Wildman–Crippen MR) is 118 cm³/mol. The number of benzene rings is 2. The van der Waals surface area contributed by atoms with Crippen LogP contribution in [0.1, 0.15) is 22.3 Å². The molecular weight excluding hydrogens is 447 g/mol. The van der Waals surface area contributed by atoms with Gasteiger partial charge < -0.3 is 5.32 Å². The Kier molecular flexibility index (Phi) is 5.73. The Labute approximate surface area is 184 Å². The molecule has 7 nitrogen and oxygen atoms in total. The van der Waals surface area contributed by atoms with Gasteiger partial charge in [-0.15, -0.1) is 0 Å². The number of nitrogens with one attached hydrogen (secondary N) is 1. The van der Waals surface area contributed by atoms with Crippen LogP contribution in [0.15, 0.2) is 54.7 Å². The van der Waals surface area contributed by atoms with Crippen LogP contribution in [-0.4, -0.2) is 36.4 Å². The quantitative estimate of drug-likeness (QED) is 0.617. The lowest BCUT2D eigenvalue weighted by atomic mass is 10.2. The number of carbonyl (C=O) groups excluding carboxylic acids is 1. The first-order valence-corrected chi connectivity index (χ1v) is 11.6. The van der Waals surface area contributed by atoms with E-state index in [1.54, 1.807) is 53.3 Å². The van der Waals surface area contributed by atoms with E-state index >= 15 is 0 Å². The second kappa shape index (κ2) is 8.29. The van der Waals surface area contributed by atoms with E-state index in [9.17, 15) is 13.2 Å². The fraction of sp³-hybridized carbons (Fsp3) is 0.200. The third-order valence-electron chi connectivity index (χ3n) is 4.81. The van der Waals surface area contributed by atoms with Crippen LogP contribution >= 0.6 is 23.2 Å². The Morgan fingerprint density at radius 3 is 2.70 bits per heavy atom. The number of hydrogen-bond acceptors (Lipinski definition) is 4. The zero-order valence-corrected chi connectivity index (χ0v) is 18.1. The Bertz CT molecular complexity index is 1210. The molecule has 1 saturated heterocycles. The number of rotatable bonds is 5. The summed E-state index contributed by atoms with van der Waals surface area (Å²) in [4.78, 5) is 12.8. The van der Waals surface area contributed by atoms with Gasteiger partial charge in [-0.3, -0.25) is 9.10 Å². The van der Waals surface area contributed by atoms with Gasteiger partial charge in [-0.05, 0) is 36.2 Å². The number of carbonyl (C=O) groups is 1. The van der Waals surface area contributed by atoms with Crippen LogP contribution in [0.25, 0.3) is 0 Å². The maximum Gasteiger partial charge on any atom is 0.256 e. The molecule has 1 amide bonds. The van der Waals surface area contributed by atoms with Gasteiger partial charge in [-0.1, -0.05) is 41.4 Å². The minimum absolute atomic E-state index is 0.120. The lowest BCUT2D eigenvalue weighted by Crippen LogP contribution is -2.25. The lowest BCUT2D eigenvalue weighted by molar-refractivity contribution is 0.102. The van der Waals surface area contributed by atoms with Crippen molar-refractivity contribution in [2.45, 2.75) is 13.0 Å². The van der Waals surface area contributed by atoms with Gasteiger partial charge in [0.05, 0.1) is 34.2 Å². The van der Waals surface area contributed by atoms with Crippen LogP contribution in [0.2, 0.25) is 10.0 Å². The highest BCUT2D eigenvalue weighted by Gasteiger charge is 2.28. The summed E-state index contributed by atoms with van der Waals surface area (Å²) in [5, 5.41) is 7.94. The molecule has 0 aliphatic carbocycles. The Balaban J connectivity index is 1.54. The van der Waals surface area contributed by atoms with Crippen molar-refractivity contribution in [3.8, 4) is 0 Å². The SMILES string of the molecule is O=C(Nc1ccnn1Cc1cccc(Cl)c1Cl)c1cccc(N2CCCS2(=O)=O)c1. The van der Waals surface area contributed by atoms with Gasteiger partial charge in [0.25, 0.3) is 5.91 Å². The van der Waals surface area contributed by atoms with Gasteiger partial charge in [-0.2, -0.15) is 5.10 Å². The van der Waals surface area contributed by atoms with Gasteiger partial charge in [0.1, 0.15) is 5.82 Å². The second-order valence-electron chi connectivity index (χ2n) is 6.83. The lowest BCUT2D eigenvalue weighted by Gasteiger charge is -2.17. The van der Waals surface area contributed by atoms with E-state index in [0.717, 1.165) is 5.56 Å². The molecule has 1 aliphatic rings. The molecule has 0 unspecified atom stereocenters. The van der Waals surface area contributed by atoms with Crippen molar-refractivity contribution >= 4 is 50.6 Å². The van der Waals surface area contributed by atoms with Gasteiger partial charge in [0.2, 0.25) is 10.0 Å². The fourth-order valence-electron chi connectivity index (χ4n) is 3.32. The van der Waals surface area contributed by atoms with Crippen LogP contribution in [-0.2, 0) is 16.6 Å². The number of amides is 1. The molecule has 1 aliphatic heterocycles. The molecule has 2 aromatic carbocycles. The van der Waals surface area contributed by atoms with Crippen LogP contribution in [0.3, 0.4) is 0 Å². The average Bonchev–Trinajstić information content (AvgIpc) is 3.30. The summed E-state index contributed by atoms with van der Waals surface area (Å²) in [6.07, 6.45) is 2.14. The maximum absolute atomic E-state index is 12.8. The van der Waals surface area contributed by atoms with Crippen molar-refractivity contribution in [2.75, 3.05) is 21.9 Å². The van der Waals surface area contributed by atoms with Crippen molar-refractivity contribution in [3.05, 3.63) is 75.9 Å². The normalized spacial score (nSPS) is 15.3. The number of aromatic nitrogens is 2. The molecular formula is C20H18Cl2N4O3S. The van der Waals surface area contributed by atoms with E-state index in [1.807, 2.05) is 6.07 Å². The summed E-state index contributed by atoms with van der Waals surface area (Å²) < 4.78 is 27.3. The van der Waals surface area contributed by atoms with Crippen molar-refractivity contribution in [1.82, 2.24) is 9.78 Å². The highest BCUT2D eigenvalue weighted by molar-refractivity contribution is 7.93. The summed E-state index contributed by atoms with van der Waals surface area (Å²) >= 11 is 12.3. The molecule has 0 radical (unpaired) electrons. The highest BCUT2D eigenvalue weighted by Crippen LogP contribution is 2.27. The van der Waals surface area contributed by atoms with E-state index in [-0.39, 0.29) is 11.7 Å². The molecule has 1 aromatic heterocycles. The number of halogens is 2. The van der Waals surface area contributed by atoms with Crippen LogP contribution in [0.4, 0.5) is 11.5 Å². The maximum atomic E-state index is 12.8. The zero-order valence-electron chi connectivity index (χ0n) is 15.8. The van der Waals surface area contributed by atoms with E-state index < -0.39 is 10.0 Å². The third kappa shape index (κ3) is 4.16. The van der Waals surface area contributed by atoms with Crippen LogP contribution in [0.5, 0.6) is 0 Å². The zero-order chi connectivity index (χ0) is 21.3. The fourth-order valence-corrected chi connectivity index (χ4v) is 5.25. The molecule has 0 atom stereocenters. The molecule has 2 heterocycles. The Morgan fingerprint density at radius 2 is 1.93 bits per heavy atom. The van der Waals surface area contributed by atoms with E-state index in [0.29, 0.717) is 46.6 Å². The van der Waals surface area contributed by atoms with Gasteiger partial charge in [-0.25, -0.2) is 13.1 Å². The van der Waals surface area contributed by atoms with Gasteiger partial charge >= 0.3 is 0 Å². The van der Waals surface area contributed by atoms with Crippen molar-refractivity contribution in [3.63, 3.8) is 0 Å². The number of nitrogens with zero attached hydrogens (tertiary/aromatic N) is 3. The monoisotopic (exact) mass is 464 g/mol. The van der Waals surface area contributed by atoms with E-state index in [1.165, 1.54) is 4.31 Å². The van der Waals surface area contributed by atoms with Gasteiger partial charge in [0.15, 0.2) is 0 Å². The van der Waals surface area contributed by atoms with Crippen LogP contribution in [0, 0.1) is 0 Å². The molecule has 3 aromatic rings. The van der Waals surface area contributed by atoms with Crippen LogP contribution < -0.4 is 9.62 Å². The molecule has 0 spiro atoms. The molecule has 0 bridgehead atoms. The molecule has 4 rings (SSSR count). The average molecular weight is 465 g/mol. The number of sulfonamides is 1. The smallest absolute Gasteiger partial charge is 0.256 e. The van der Waals surface area contributed by atoms with E-state index in [2.05, 4.69) is 10.4 Å². The molecule has 0 saturated carbocycles. The highest BCUT2D eigenvalue weighted by atomic mass is 35.5.